The van der Waals surface area contributed by atoms with Crippen LogP contribution < -0.4 is 4.72 Å². The number of fused-ring (bicyclic) bond motifs is 1. The predicted octanol–water partition coefficient (Wildman–Crippen LogP) is 3.32. The Morgan fingerprint density at radius 2 is 1.78 bits per heavy atom. The Morgan fingerprint density at radius 3 is 2.53 bits per heavy atom. The zero-order chi connectivity index (χ0) is 31.6. The summed E-state index contributed by atoms with van der Waals surface area (Å²) in [5, 5.41) is 6.69. The number of nitrogens with zero attached hydrogens (tertiary/aromatic N) is 5. The van der Waals surface area contributed by atoms with Crippen molar-refractivity contribution in [3.05, 3.63) is 101 Å². The zero-order valence-electron chi connectivity index (χ0n) is 24.2. The summed E-state index contributed by atoms with van der Waals surface area (Å²) >= 11 is -1.37. The number of nitrogens with one attached hydrogen (secondary N) is 1. The first-order chi connectivity index (χ1) is 21.7. The van der Waals surface area contributed by atoms with Crippen LogP contribution in [-0.4, -0.2) is 81.3 Å². The molecule has 5 aromatic rings. The van der Waals surface area contributed by atoms with Gasteiger partial charge in [-0.2, -0.15) is 0 Å². The van der Waals surface area contributed by atoms with Crippen molar-refractivity contribution in [3.63, 3.8) is 0 Å². The summed E-state index contributed by atoms with van der Waals surface area (Å²) in [6.45, 7) is 2.75. The van der Waals surface area contributed by atoms with E-state index in [9.17, 15) is 22.0 Å². The van der Waals surface area contributed by atoms with Gasteiger partial charge in [0.15, 0.2) is 15.1 Å². The van der Waals surface area contributed by atoms with Crippen LogP contribution in [0.5, 0.6) is 0 Å². The fourth-order valence-corrected chi connectivity index (χ4v) is 8.52. The van der Waals surface area contributed by atoms with E-state index in [2.05, 4.69) is 24.8 Å². The van der Waals surface area contributed by atoms with Gasteiger partial charge < -0.3 is 18.8 Å². The van der Waals surface area contributed by atoms with Crippen LogP contribution in [-0.2, 0) is 33.4 Å². The smallest absolute Gasteiger partial charge is 0.253 e. The van der Waals surface area contributed by atoms with Crippen molar-refractivity contribution in [2.75, 3.05) is 33.2 Å². The van der Waals surface area contributed by atoms with E-state index >= 15 is 0 Å². The topological polar surface area (TPSA) is 162 Å². The summed E-state index contributed by atoms with van der Waals surface area (Å²) in [5.74, 6) is -0.584. The van der Waals surface area contributed by atoms with Gasteiger partial charge in [0, 0.05) is 43.0 Å². The third-order valence-corrected chi connectivity index (χ3v) is 11.0. The van der Waals surface area contributed by atoms with Crippen molar-refractivity contribution in [3.8, 4) is 11.1 Å². The molecule has 1 aliphatic rings. The number of carbonyl (C=O) groups is 1. The summed E-state index contributed by atoms with van der Waals surface area (Å²) in [5.41, 5.74) is 3.49. The highest BCUT2D eigenvalue weighted by Gasteiger charge is 2.37. The van der Waals surface area contributed by atoms with Crippen LogP contribution in [0.2, 0.25) is 0 Å². The van der Waals surface area contributed by atoms with Gasteiger partial charge in [0.2, 0.25) is 11.8 Å². The molecule has 1 aliphatic heterocycles. The standard InChI is InChI=1S/C30H30N6O6S3/c1-35-12-14-36(15-13-35)30(37)23-9-5-8-21(16-23)22-10-11-24-25(17-22)43-29(32-24)27(28-34-33-26(42-28)18-31-44(38)39)45(40,41)19-20-6-3-2-4-7-20/h2-11,16-17,27,31H,12-15,18-19H2,1H3,(H,38,39)/p-1. The summed E-state index contributed by atoms with van der Waals surface area (Å²) in [4.78, 5) is 21.9. The number of piperazine rings is 1. The van der Waals surface area contributed by atoms with Gasteiger partial charge in [-0.25, -0.2) is 18.1 Å². The Labute approximate surface area is 266 Å². The summed E-state index contributed by atoms with van der Waals surface area (Å²) < 4.78 is 58.2. The van der Waals surface area contributed by atoms with E-state index < -0.39 is 26.4 Å². The molecule has 1 amide bonds. The van der Waals surface area contributed by atoms with Crippen molar-refractivity contribution in [1.82, 2.24) is 29.7 Å². The third-order valence-electron chi connectivity index (χ3n) is 7.48. The highest BCUT2D eigenvalue weighted by Crippen LogP contribution is 2.38. The molecule has 2 aromatic heterocycles. The molecule has 6 rings (SSSR count). The largest absolute Gasteiger partial charge is 0.760 e. The number of thiazole rings is 1. The maximum atomic E-state index is 13.9. The highest BCUT2D eigenvalue weighted by atomic mass is 32.2. The first-order valence-corrected chi connectivity index (χ1v) is 17.7. The number of amides is 1. The molecule has 1 N–H and O–H groups in total. The predicted molar refractivity (Wildman–Crippen MR) is 169 cm³/mol. The second-order valence-electron chi connectivity index (χ2n) is 10.7. The first-order valence-electron chi connectivity index (χ1n) is 14.1. The second-order valence-corrected chi connectivity index (χ2v) is 14.6. The maximum absolute atomic E-state index is 13.9. The number of rotatable bonds is 10. The average Bonchev–Trinajstić information content (AvgIpc) is 3.67. The maximum Gasteiger partial charge on any atom is 0.253 e. The van der Waals surface area contributed by atoms with Crippen molar-refractivity contribution in [1.29, 1.82) is 0 Å². The van der Waals surface area contributed by atoms with E-state index in [1.165, 1.54) is 11.3 Å². The molecule has 2 atom stereocenters. The van der Waals surface area contributed by atoms with Crippen LogP contribution in [0.1, 0.15) is 38.0 Å². The molecular weight excluding hydrogens is 637 g/mol. The van der Waals surface area contributed by atoms with E-state index in [1.807, 2.05) is 54.4 Å². The van der Waals surface area contributed by atoms with Crippen LogP contribution >= 0.6 is 11.3 Å². The number of hydrogen-bond acceptors (Lipinski definition) is 11. The Kier molecular flexibility index (Phi) is 9.16. The van der Waals surface area contributed by atoms with Crippen LogP contribution in [0.15, 0.2) is 77.2 Å². The lowest BCUT2D eigenvalue weighted by Crippen LogP contribution is -2.47. The molecule has 234 valence electrons. The molecule has 0 aliphatic carbocycles. The van der Waals surface area contributed by atoms with Gasteiger partial charge in [-0.3, -0.25) is 9.00 Å². The molecule has 0 saturated carbocycles. The first kappa shape index (κ1) is 31.1. The van der Waals surface area contributed by atoms with Gasteiger partial charge in [-0.05, 0) is 48.0 Å². The fourth-order valence-electron chi connectivity index (χ4n) is 5.13. The Balaban J connectivity index is 1.33. The lowest BCUT2D eigenvalue weighted by Gasteiger charge is -2.32. The minimum absolute atomic E-state index is 0.00631. The normalized spacial score (nSPS) is 15.7. The molecule has 15 heteroatoms. The summed E-state index contributed by atoms with van der Waals surface area (Å²) in [6, 6.07) is 21.8. The van der Waals surface area contributed by atoms with Crippen molar-refractivity contribution >= 4 is 48.6 Å². The SMILES string of the molecule is CN1CCN(C(=O)c2cccc(-c3ccc4nc(C(c5nnc(CNS(=O)[O-])o5)S(=O)(=O)Cc5ccccc5)sc4c3)c2)CC1. The van der Waals surface area contributed by atoms with Crippen molar-refractivity contribution < 1.29 is 26.4 Å². The number of benzene rings is 3. The molecule has 1 fully saturated rings. The van der Waals surface area contributed by atoms with Crippen LogP contribution in [0.3, 0.4) is 0 Å². The molecule has 0 radical (unpaired) electrons. The molecule has 3 heterocycles. The van der Waals surface area contributed by atoms with E-state index in [1.54, 1.807) is 30.3 Å². The van der Waals surface area contributed by atoms with E-state index in [4.69, 9.17) is 4.42 Å². The minimum Gasteiger partial charge on any atom is -0.760 e. The van der Waals surface area contributed by atoms with Crippen molar-refractivity contribution in [2.24, 2.45) is 0 Å². The molecule has 45 heavy (non-hydrogen) atoms. The number of carbonyl (C=O) groups excluding carboxylic acids is 1. The van der Waals surface area contributed by atoms with E-state index in [0.717, 1.165) is 28.9 Å². The molecule has 0 spiro atoms. The monoisotopic (exact) mass is 665 g/mol. The molecule has 2 unspecified atom stereocenters. The number of hydrogen-bond donors (Lipinski definition) is 1. The molecule has 3 aromatic carbocycles. The van der Waals surface area contributed by atoms with Gasteiger partial charge in [-0.1, -0.05) is 48.5 Å². The third kappa shape index (κ3) is 7.19. The van der Waals surface area contributed by atoms with Gasteiger partial charge in [0.05, 0.1) is 22.5 Å². The Hall–Kier alpha value is -3.86. The van der Waals surface area contributed by atoms with E-state index in [-0.39, 0.29) is 35.0 Å². The lowest BCUT2D eigenvalue weighted by atomic mass is 10.0. The van der Waals surface area contributed by atoms with Gasteiger partial charge in [0.1, 0.15) is 5.01 Å². The molecule has 1 saturated heterocycles. The highest BCUT2D eigenvalue weighted by molar-refractivity contribution is 7.91. The average molecular weight is 666 g/mol. The minimum atomic E-state index is -3.97. The van der Waals surface area contributed by atoms with Gasteiger partial charge in [0.25, 0.3) is 5.91 Å². The van der Waals surface area contributed by atoms with Gasteiger partial charge >= 0.3 is 0 Å². The van der Waals surface area contributed by atoms with Crippen LogP contribution in [0.25, 0.3) is 21.3 Å². The number of aromatic nitrogens is 3. The van der Waals surface area contributed by atoms with Crippen LogP contribution in [0, 0.1) is 0 Å². The summed E-state index contributed by atoms with van der Waals surface area (Å²) in [7, 11) is -1.93. The quantitative estimate of drug-likeness (QED) is 0.219. The lowest BCUT2D eigenvalue weighted by molar-refractivity contribution is 0.0664. The Morgan fingerprint density at radius 1 is 1.02 bits per heavy atom. The van der Waals surface area contributed by atoms with Crippen LogP contribution in [0.4, 0.5) is 0 Å². The number of likely N-dealkylation sites (N-methyl/N-ethyl adjacent to an activating group) is 1. The van der Waals surface area contributed by atoms with Gasteiger partial charge in [-0.15, -0.1) is 21.5 Å². The summed E-state index contributed by atoms with van der Waals surface area (Å²) in [6.07, 6.45) is 0. The fraction of sp³-hybridized carbons (Fsp3) is 0.267. The zero-order valence-corrected chi connectivity index (χ0v) is 26.6. The second kappa shape index (κ2) is 13.2. The van der Waals surface area contributed by atoms with E-state index in [0.29, 0.717) is 29.7 Å². The Bertz CT molecular complexity index is 1960. The number of sulfone groups is 1. The van der Waals surface area contributed by atoms with Crippen molar-refractivity contribution in [2.45, 2.75) is 17.5 Å². The molecule has 0 bridgehead atoms. The molecule has 12 nitrogen and oxygen atoms in total. The molecular formula is C30H29N6O6S3-.